The highest BCUT2D eigenvalue weighted by atomic mass is 19.1. The van der Waals surface area contributed by atoms with E-state index in [1.54, 1.807) is 0 Å². The van der Waals surface area contributed by atoms with E-state index in [9.17, 15) is 9.18 Å². The van der Waals surface area contributed by atoms with E-state index in [4.69, 9.17) is 5.26 Å². The maximum Gasteiger partial charge on any atom is 0.243 e. The summed E-state index contributed by atoms with van der Waals surface area (Å²) in [7, 11) is 0. The van der Waals surface area contributed by atoms with Gasteiger partial charge in [-0.05, 0) is 37.1 Å². The molecular weight excluding hydrogens is 257 g/mol. The number of hydrogen-bond acceptors (Lipinski definition) is 3. The van der Waals surface area contributed by atoms with Gasteiger partial charge in [-0.15, -0.1) is 0 Å². The van der Waals surface area contributed by atoms with Crippen molar-refractivity contribution in [2.75, 3.05) is 24.5 Å². The van der Waals surface area contributed by atoms with Gasteiger partial charge in [0, 0.05) is 13.1 Å². The number of halogens is 1. The summed E-state index contributed by atoms with van der Waals surface area (Å²) >= 11 is 0. The van der Waals surface area contributed by atoms with Crippen molar-refractivity contribution in [1.29, 1.82) is 5.26 Å². The van der Waals surface area contributed by atoms with E-state index in [2.05, 4.69) is 0 Å². The molecule has 0 aromatic heterocycles. The monoisotopic (exact) mass is 275 g/mol. The summed E-state index contributed by atoms with van der Waals surface area (Å²) in [4.78, 5) is 15.3. The Morgan fingerprint density at radius 2 is 1.80 bits per heavy atom. The summed E-state index contributed by atoms with van der Waals surface area (Å²) in [5.41, 5.74) is 0.539. The predicted molar refractivity (Wildman–Crippen MR) is 74.4 cm³/mol. The lowest BCUT2D eigenvalue weighted by Crippen LogP contribution is -2.39. The summed E-state index contributed by atoms with van der Waals surface area (Å²) < 4.78 is 12.9. The number of hydrogen-bond donors (Lipinski definition) is 0. The average molecular weight is 275 g/mol. The molecule has 0 N–H and O–H groups in total. The Kier molecular flexibility index (Phi) is 4.94. The zero-order valence-electron chi connectivity index (χ0n) is 11.4. The molecule has 0 aliphatic carbocycles. The zero-order valence-corrected chi connectivity index (χ0v) is 11.4. The second-order valence-corrected chi connectivity index (χ2v) is 4.96. The lowest BCUT2D eigenvalue weighted by molar-refractivity contribution is -0.129. The molecule has 0 spiro atoms. The molecule has 20 heavy (non-hydrogen) atoms. The lowest BCUT2D eigenvalue weighted by Gasteiger charge is -2.23. The minimum Gasteiger partial charge on any atom is -0.341 e. The van der Waals surface area contributed by atoms with Gasteiger partial charge in [0.1, 0.15) is 12.4 Å². The molecule has 0 radical (unpaired) electrons. The molecule has 1 fully saturated rings. The summed E-state index contributed by atoms with van der Waals surface area (Å²) in [5.74, 6) is -0.400. The first kappa shape index (κ1) is 14.3. The first-order valence-corrected chi connectivity index (χ1v) is 6.91. The second-order valence-electron chi connectivity index (χ2n) is 4.96. The van der Waals surface area contributed by atoms with Crippen molar-refractivity contribution in [2.24, 2.45) is 0 Å². The van der Waals surface area contributed by atoms with Crippen LogP contribution in [0.15, 0.2) is 24.3 Å². The molecule has 1 aliphatic heterocycles. The third-order valence-corrected chi connectivity index (χ3v) is 3.51. The molecule has 4 nitrogen and oxygen atoms in total. The van der Waals surface area contributed by atoms with Crippen LogP contribution < -0.4 is 4.90 Å². The Bertz CT molecular complexity index is 487. The fourth-order valence-corrected chi connectivity index (χ4v) is 2.36. The minimum absolute atomic E-state index is 0.0160. The highest BCUT2D eigenvalue weighted by molar-refractivity contribution is 5.82. The largest absolute Gasteiger partial charge is 0.341 e. The van der Waals surface area contributed by atoms with Gasteiger partial charge in [0.15, 0.2) is 6.19 Å². The maximum atomic E-state index is 12.9. The van der Waals surface area contributed by atoms with Crippen LogP contribution in [0.2, 0.25) is 0 Å². The quantitative estimate of drug-likeness (QED) is 0.629. The second kappa shape index (κ2) is 6.90. The first-order chi connectivity index (χ1) is 9.70. The van der Waals surface area contributed by atoms with Crippen LogP contribution in [-0.2, 0) is 4.79 Å². The molecule has 106 valence electrons. The molecule has 0 bridgehead atoms. The molecule has 1 heterocycles. The van der Waals surface area contributed by atoms with Crippen LogP contribution in [-0.4, -0.2) is 30.4 Å². The van der Waals surface area contributed by atoms with Crippen molar-refractivity contribution in [1.82, 2.24) is 4.90 Å². The van der Waals surface area contributed by atoms with Crippen LogP contribution in [0.25, 0.3) is 0 Å². The lowest BCUT2D eigenvalue weighted by atomic mass is 10.2. The van der Waals surface area contributed by atoms with Crippen LogP contribution in [0.4, 0.5) is 10.1 Å². The molecule has 2 rings (SSSR count). The van der Waals surface area contributed by atoms with Crippen LogP contribution in [0.1, 0.15) is 25.7 Å². The first-order valence-electron chi connectivity index (χ1n) is 6.91. The highest BCUT2D eigenvalue weighted by Crippen LogP contribution is 2.15. The van der Waals surface area contributed by atoms with Gasteiger partial charge in [-0.3, -0.25) is 9.69 Å². The van der Waals surface area contributed by atoms with E-state index in [0.717, 1.165) is 38.8 Å². The molecular formula is C15H18FN3O. The van der Waals surface area contributed by atoms with E-state index in [1.807, 2.05) is 11.1 Å². The van der Waals surface area contributed by atoms with Crippen LogP contribution in [0.5, 0.6) is 0 Å². The van der Waals surface area contributed by atoms with Crippen molar-refractivity contribution in [3.8, 4) is 6.19 Å². The third-order valence-electron chi connectivity index (χ3n) is 3.51. The van der Waals surface area contributed by atoms with Crippen molar-refractivity contribution in [3.05, 3.63) is 30.1 Å². The number of nitriles is 1. The Labute approximate surface area is 118 Å². The van der Waals surface area contributed by atoms with Gasteiger partial charge in [0.05, 0.1) is 5.69 Å². The number of nitrogens with zero attached hydrogens (tertiary/aromatic N) is 3. The van der Waals surface area contributed by atoms with Gasteiger partial charge < -0.3 is 4.90 Å². The van der Waals surface area contributed by atoms with E-state index < -0.39 is 0 Å². The van der Waals surface area contributed by atoms with Crippen molar-refractivity contribution >= 4 is 11.6 Å². The van der Waals surface area contributed by atoms with E-state index in [0.29, 0.717) is 5.69 Å². The Morgan fingerprint density at radius 3 is 2.35 bits per heavy atom. The molecule has 0 atom stereocenters. The zero-order chi connectivity index (χ0) is 14.4. The van der Waals surface area contributed by atoms with Gasteiger partial charge in [-0.2, -0.15) is 5.26 Å². The molecule has 0 saturated carbocycles. The number of anilines is 1. The van der Waals surface area contributed by atoms with Crippen molar-refractivity contribution in [3.63, 3.8) is 0 Å². The molecule has 1 aromatic rings. The average Bonchev–Trinajstić information content (AvgIpc) is 2.75. The van der Waals surface area contributed by atoms with Crippen LogP contribution in [0.3, 0.4) is 0 Å². The SMILES string of the molecule is N#CN(CC(=O)N1CCCCCC1)c1ccc(F)cc1. The van der Waals surface area contributed by atoms with Crippen molar-refractivity contribution in [2.45, 2.75) is 25.7 Å². The molecule has 1 saturated heterocycles. The van der Waals surface area contributed by atoms with Gasteiger partial charge in [0.2, 0.25) is 5.91 Å². The molecule has 5 heteroatoms. The standard InChI is InChI=1S/C15H18FN3O/c16-13-5-7-14(8-6-13)19(12-17)11-15(20)18-9-3-1-2-4-10-18/h5-8H,1-4,9-11H2. The number of carbonyl (C=O) groups is 1. The maximum absolute atomic E-state index is 12.9. The summed E-state index contributed by atoms with van der Waals surface area (Å²) in [6.45, 7) is 1.55. The molecule has 1 amide bonds. The topological polar surface area (TPSA) is 47.3 Å². The molecule has 0 unspecified atom stereocenters. The fraction of sp³-hybridized carbons (Fsp3) is 0.467. The Hall–Kier alpha value is -2.09. The van der Waals surface area contributed by atoms with E-state index >= 15 is 0 Å². The fourth-order valence-electron chi connectivity index (χ4n) is 2.36. The number of amides is 1. The number of benzene rings is 1. The van der Waals surface area contributed by atoms with E-state index in [1.165, 1.54) is 29.2 Å². The number of likely N-dealkylation sites (tertiary alicyclic amines) is 1. The van der Waals surface area contributed by atoms with Gasteiger partial charge in [-0.1, -0.05) is 12.8 Å². The van der Waals surface area contributed by atoms with Gasteiger partial charge >= 0.3 is 0 Å². The van der Waals surface area contributed by atoms with Gasteiger partial charge in [-0.25, -0.2) is 4.39 Å². The van der Waals surface area contributed by atoms with E-state index in [-0.39, 0.29) is 18.3 Å². The van der Waals surface area contributed by atoms with Crippen LogP contribution in [0, 0.1) is 17.3 Å². The van der Waals surface area contributed by atoms with Crippen LogP contribution >= 0.6 is 0 Å². The molecule has 1 aliphatic rings. The third kappa shape index (κ3) is 3.70. The summed E-state index contributed by atoms with van der Waals surface area (Å²) in [6, 6.07) is 5.59. The smallest absolute Gasteiger partial charge is 0.243 e. The predicted octanol–water partition coefficient (Wildman–Crippen LogP) is 2.52. The Morgan fingerprint density at radius 1 is 1.20 bits per heavy atom. The Balaban J connectivity index is 2.00. The number of rotatable bonds is 3. The minimum atomic E-state index is -0.356. The van der Waals surface area contributed by atoms with Crippen molar-refractivity contribution < 1.29 is 9.18 Å². The summed E-state index contributed by atoms with van der Waals surface area (Å²) in [6.07, 6.45) is 6.35. The number of carbonyl (C=O) groups excluding carboxylic acids is 1. The normalized spacial score (nSPS) is 15.3. The van der Waals surface area contributed by atoms with Gasteiger partial charge in [0.25, 0.3) is 0 Å². The highest BCUT2D eigenvalue weighted by Gasteiger charge is 2.18. The summed E-state index contributed by atoms with van der Waals surface area (Å²) in [5, 5.41) is 9.16. The molecule has 1 aromatic carbocycles.